The zero-order valence-corrected chi connectivity index (χ0v) is 13.5. The first-order valence-electron chi connectivity index (χ1n) is 7.82. The Labute approximate surface area is 127 Å². The van der Waals surface area contributed by atoms with Crippen LogP contribution >= 0.6 is 11.8 Å². The van der Waals surface area contributed by atoms with Gasteiger partial charge in [-0.1, -0.05) is 19.1 Å². The molecular weight excluding hydrogens is 266 g/mol. The van der Waals surface area contributed by atoms with E-state index in [1.165, 1.54) is 42.6 Å². The predicted molar refractivity (Wildman–Crippen MR) is 87.5 cm³/mol. The number of ether oxygens (including phenoxy) is 1. The summed E-state index contributed by atoms with van der Waals surface area (Å²) in [5.41, 5.74) is 1.41. The van der Waals surface area contributed by atoms with E-state index in [9.17, 15) is 0 Å². The van der Waals surface area contributed by atoms with Gasteiger partial charge in [-0.2, -0.15) is 0 Å². The van der Waals surface area contributed by atoms with Crippen molar-refractivity contribution in [2.24, 2.45) is 0 Å². The highest BCUT2D eigenvalue weighted by molar-refractivity contribution is 7.98. The molecule has 0 saturated carbocycles. The van der Waals surface area contributed by atoms with Gasteiger partial charge < -0.3 is 10.1 Å². The van der Waals surface area contributed by atoms with Crippen molar-refractivity contribution in [3.63, 3.8) is 0 Å². The summed E-state index contributed by atoms with van der Waals surface area (Å²) >= 11 is 1.80. The second-order valence-corrected chi connectivity index (χ2v) is 6.33. The number of thioether (sulfide) groups is 1. The summed E-state index contributed by atoms with van der Waals surface area (Å²) in [5, 5.41) is 3.61. The van der Waals surface area contributed by atoms with E-state index < -0.39 is 0 Å². The minimum absolute atomic E-state index is 0.484. The fraction of sp³-hybridized carbons (Fsp3) is 0.647. The third-order valence-electron chi connectivity index (χ3n) is 4.01. The topological polar surface area (TPSA) is 21.3 Å². The van der Waals surface area contributed by atoms with E-state index in [0.29, 0.717) is 12.1 Å². The molecule has 2 unspecified atom stereocenters. The summed E-state index contributed by atoms with van der Waals surface area (Å²) in [6.45, 7) is 4.18. The lowest BCUT2D eigenvalue weighted by Crippen LogP contribution is -2.21. The second-order valence-electron chi connectivity index (χ2n) is 5.45. The molecule has 0 aromatic heterocycles. The van der Waals surface area contributed by atoms with E-state index in [2.05, 4.69) is 42.8 Å². The number of rotatable bonds is 8. The molecule has 1 saturated heterocycles. The third-order valence-corrected chi connectivity index (χ3v) is 4.76. The van der Waals surface area contributed by atoms with Gasteiger partial charge in [0.1, 0.15) is 0 Å². The van der Waals surface area contributed by atoms with Crippen molar-refractivity contribution >= 4 is 11.8 Å². The van der Waals surface area contributed by atoms with Crippen LogP contribution in [0.1, 0.15) is 50.6 Å². The molecule has 0 aliphatic carbocycles. The van der Waals surface area contributed by atoms with Crippen molar-refractivity contribution in [1.29, 1.82) is 0 Å². The number of nitrogens with one attached hydrogen (secondary N) is 1. The lowest BCUT2D eigenvalue weighted by atomic mass is 9.99. The lowest BCUT2D eigenvalue weighted by molar-refractivity contribution is 0.101. The van der Waals surface area contributed by atoms with Gasteiger partial charge in [0.05, 0.1) is 6.10 Å². The van der Waals surface area contributed by atoms with E-state index in [4.69, 9.17) is 4.74 Å². The fourth-order valence-corrected chi connectivity index (χ4v) is 3.30. The molecule has 2 rings (SSSR count). The smallest absolute Gasteiger partial charge is 0.0576 e. The maximum Gasteiger partial charge on any atom is 0.0576 e. The van der Waals surface area contributed by atoms with Crippen LogP contribution in [0.3, 0.4) is 0 Å². The van der Waals surface area contributed by atoms with Crippen molar-refractivity contribution in [2.45, 2.75) is 56.1 Å². The summed E-state index contributed by atoms with van der Waals surface area (Å²) in [5.74, 6) is 0. The van der Waals surface area contributed by atoms with E-state index in [1.54, 1.807) is 11.8 Å². The van der Waals surface area contributed by atoms with E-state index in [-0.39, 0.29) is 0 Å². The van der Waals surface area contributed by atoms with Gasteiger partial charge in [0.25, 0.3) is 0 Å². The van der Waals surface area contributed by atoms with Crippen molar-refractivity contribution in [2.75, 3.05) is 19.4 Å². The van der Waals surface area contributed by atoms with Crippen LogP contribution in [-0.4, -0.2) is 25.5 Å². The second kappa shape index (κ2) is 8.71. The van der Waals surface area contributed by atoms with Crippen molar-refractivity contribution in [3.05, 3.63) is 29.8 Å². The Morgan fingerprint density at radius 2 is 2.15 bits per heavy atom. The maximum absolute atomic E-state index is 5.71. The minimum atomic E-state index is 0.484. The molecular formula is C17H27NOS. The first kappa shape index (κ1) is 15.9. The molecule has 3 heteroatoms. The van der Waals surface area contributed by atoms with Crippen LogP contribution in [0.25, 0.3) is 0 Å². The number of hydrogen-bond donors (Lipinski definition) is 1. The molecule has 1 aromatic carbocycles. The highest BCUT2D eigenvalue weighted by Gasteiger charge is 2.16. The molecule has 1 aliphatic rings. The van der Waals surface area contributed by atoms with Gasteiger partial charge in [-0.25, -0.2) is 0 Å². The molecule has 2 atom stereocenters. The fourth-order valence-electron chi connectivity index (χ4n) is 2.89. The maximum atomic E-state index is 5.71. The van der Waals surface area contributed by atoms with E-state index in [0.717, 1.165) is 13.2 Å². The number of hydrogen-bond acceptors (Lipinski definition) is 3. The zero-order chi connectivity index (χ0) is 14.2. The average molecular weight is 293 g/mol. The molecule has 1 aromatic rings. The summed E-state index contributed by atoms with van der Waals surface area (Å²) < 4.78 is 5.71. The lowest BCUT2D eigenvalue weighted by Gasteiger charge is -2.19. The zero-order valence-electron chi connectivity index (χ0n) is 12.7. The molecule has 0 spiro atoms. The van der Waals surface area contributed by atoms with Gasteiger partial charge >= 0.3 is 0 Å². The van der Waals surface area contributed by atoms with Crippen molar-refractivity contribution in [3.8, 4) is 0 Å². The predicted octanol–water partition coefficient (Wildman–Crippen LogP) is 4.41. The van der Waals surface area contributed by atoms with Crippen LogP contribution in [-0.2, 0) is 4.74 Å². The molecule has 20 heavy (non-hydrogen) atoms. The molecule has 1 N–H and O–H groups in total. The Bertz CT molecular complexity index is 373. The van der Waals surface area contributed by atoms with E-state index in [1.807, 2.05) is 0 Å². The van der Waals surface area contributed by atoms with Gasteiger partial charge in [0, 0.05) is 17.5 Å². The molecule has 0 radical (unpaired) electrons. The Morgan fingerprint density at radius 1 is 1.35 bits per heavy atom. The molecule has 1 aliphatic heterocycles. The van der Waals surface area contributed by atoms with Gasteiger partial charge in [-0.05, 0) is 62.6 Å². The molecule has 1 fully saturated rings. The van der Waals surface area contributed by atoms with Crippen LogP contribution < -0.4 is 5.32 Å². The molecule has 1 heterocycles. The van der Waals surface area contributed by atoms with Gasteiger partial charge in [-0.15, -0.1) is 11.8 Å². The molecule has 112 valence electrons. The summed E-state index contributed by atoms with van der Waals surface area (Å²) in [4.78, 5) is 1.34. The highest BCUT2D eigenvalue weighted by Crippen LogP contribution is 2.25. The van der Waals surface area contributed by atoms with Crippen LogP contribution in [0.15, 0.2) is 29.2 Å². The molecule has 0 bridgehead atoms. The first-order chi connectivity index (χ1) is 9.83. The minimum Gasteiger partial charge on any atom is -0.378 e. The van der Waals surface area contributed by atoms with Crippen molar-refractivity contribution in [1.82, 2.24) is 5.32 Å². The van der Waals surface area contributed by atoms with Crippen molar-refractivity contribution < 1.29 is 4.74 Å². The highest BCUT2D eigenvalue weighted by atomic mass is 32.2. The Morgan fingerprint density at radius 3 is 2.75 bits per heavy atom. The Kier molecular flexibility index (Phi) is 6.91. The SMILES string of the molecule is CCNC(CCCC1CCCO1)c1ccc(SC)cc1. The van der Waals surface area contributed by atoms with E-state index >= 15 is 0 Å². The normalized spacial score (nSPS) is 20.2. The number of benzene rings is 1. The standard InChI is InChI=1S/C17H27NOS/c1-3-18-17(8-4-6-15-7-5-13-19-15)14-9-11-16(20-2)12-10-14/h9-12,15,17-18H,3-8,13H2,1-2H3. The largest absolute Gasteiger partial charge is 0.378 e. The summed E-state index contributed by atoms with van der Waals surface area (Å²) in [6, 6.07) is 9.47. The Balaban J connectivity index is 1.84. The Hall–Kier alpha value is -0.510. The summed E-state index contributed by atoms with van der Waals surface area (Å²) in [7, 11) is 0. The monoisotopic (exact) mass is 293 g/mol. The van der Waals surface area contributed by atoms with Crippen LogP contribution in [0.2, 0.25) is 0 Å². The average Bonchev–Trinajstić information content (AvgIpc) is 3.00. The molecule has 2 nitrogen and oxygen atoms in total. The summed E-state index contributed by atoms with van der Waals surface area (Å²) in [6.07, 6.45) is 8.81. The van der Waals surface area contributed by atoms with Crippen LogP contribution in [0, 0.1) is 0 Å². The third kappa shape index (κ3) is 4.80. The van der Waals surface area contributed by atoms with Crippen LogP contribution in [0.4, 0.5) is 0 Å². The quantitative estimate of drug-likeness (QED) is 0.717. The van der Waals surface area contributed by atoms with Crippen LogP contribution in [0.5, 0.6) is 0 Å². The van der Waals surface area contributed by atoms with Gasteiger partial charge in [0.2, 0.25) is 0 Å². The van der Waals surface area contributed by atoms with Gasteiger partial charge in [-0.3, -0.25) is 0 Å². The first-order valence-corrected chi connectivity index (χ1v) is 9.05. The molecule has 0 amide bonds. The van der Waals surface area contributed by atoms with Gasteiger partial charge in [0.15, 0.2) is 0 Å².